The van der Waals surface area contributed by atoms with E-state index < -0.39 is 0 Å². The molecule has 1 aliphatic rings. The van der Waals surface area contributed by atoms with Gasteiger partial charge in [-0.3, -0.25) is 14.1 Å². The van der Waals surface area contributed by atoms with Crippen molar-refractivity contribution < 1.29 is 4.39 Å². The van der Waals surface area contributed by atoms with Gasteiger partial charge in [0.2, 0.25) is 0 Å². The van der Waals surface area contributed by atoms with Crippen LogP contribution in [0, 0.1) is 5.82 Å². The van der Waals surface area contributed by atoms with E-state index in [4.69, 9.17) is 0 Å². The van der Waals surface area contributed by atoms with Crippen LogP contribution in [0.2, 0.25) is 0 Å². The van der Waals surface area contributed by atoms with Crippen molar-refractivity contribution in [1.29, 1.82) is 0 Å². The molecule has 2 aromatic heterocycles. The van der Waals surface area contributed by atoms with Gasteiger partial charge in [0, 0.05) is 24.5 Å². The number of benzene rings is 1. The Balaban J connectivity index is 2.38. The second kappa shape index (κ2) is 4.16. The summed E-state index contributed by atoms with van der Waals surface area (Å²) in [6.45, 7) is 2.03. The molecule has 3 aromatic rings. The van der Waals surface area contributed by atoms with Crippen LogP contribution in [0.5, 0.6) is 0 Å². The van der Waals surface area contributed by atoms with Crippen molar-refractivity contribution in [3.05, 3.63) is 38.6 Å². The standard InChI is InChI=1S/C15H13BrFN3O/c1-7-3-4-8-12-10(5-9(17)13(8)16)18-6-11-14(12)20(7)15(21)19(11)2/h5-7H,3-4H2,1-2H3/t7-/m1/s1. The van der Waals surface area contributed by atoms with Gasteiger partial charge < -0.3 is 0 Å². The molecular weight excluding hydrogens is 337 g/mol. The number of rotatable bonds is 0. The molecule has 0 amide bonds. The Labute approximate surface area is 128 Å². The molecule has 21 heavy (non-hydrogen) atoms. The monoisotopic (exact) mass is 349 g/mol. The van der Waals surface area contributed by atoms with Crippen LogP contribution in [-0.4, -0.2) is 14.1 Å². The lowest BCUT2D eigenvalue weighted by molar-refractivity contribution is 0.503. The number of pyridine rings is 1. The van der Waals surface area contributed by atoms with Gasteiger partial charge in [-0.05, 0) is 41.3 Å². The number of hydrogen-bond acceptors (Lipinski definition) is 2. The fourth-order valence-corrected chi connectivity index (χ4v) is 3.84. The molecule has 0 aliphatic carbocycles. The molecule has 4 nitrogen and oxygen atoms in total. The van der Waals surface area contributed by atoms with Crippen molar-refractivity contribution in [2.75, 3.05) is 0 Å². The van der Waals surface area contributed by atoms with Crippen LogP contribution in [0.25, 0.3) is 21.9 Å². The number of halogens is 2. The van der Waals surface area contributed by atoms with Crippen LogP contribution in [0.4, 0.5) is 4.39 Å². The van der Waals surface area contributed by atoms with Crippen molar-refractivity contribution in [2.24, 2.45) is 7.05 Å². The van der Waals surface area contributed by atoms with Crippen LogP contribution in [0.3, 0.4) is 0 Å². The van der Waals surface area contributed by atoms with Crippen molar-refractivity contribution in [2.45, 2.75) is 25.8 Å². The lowest BCUT2D eigenvalue weighted by Gasteiger charge is -2.10. The fraction of sp³-hybridized carbons (Fsp3) is 0.333. The maximum absolute atomic E-state index is 14.1. The highest BCUT2D eigenvalue weighted by Crippen LogP contribution is 2.37. The smallest absolute Gasteiger partial charge is 0.293 e. The lowest BCUT2D eigenvalue weighted by atomic mass is 10.0. The fourth-order valence-electron chi connectivity index (χ4n) is 3.33. The average Bonchev–Trinajstić information content (AvgIpc) is 2.62. The van der Waals surface area contributed by atoms with Crippen LogP contribution in [0.15, 0.2) is 21.5 Å². The predicted octanol–water partition coefficient (Wildman–Crippen LogP) is 3.30. The van der Waals surface area contributed by atoms with Crippen molar-refractivity contribution >= 4 is 37.9 Å². The number of aromatic nitrogens is 3. The molecule has 108 valence electrons. The topological polar surface area (TPSA) is 39.8 Å². The molecule has 0 bridgehead atoms. The molecule has 6 heteroatoms. The number of nitrogens with zero attached hydrogens (tertiary/aromatic N) is 3. The van der Waals surface area contributed by atoms with E-state index in [2.05, 4.69) is 20.9 Å². The summed E-state index contributed by atoms with van der Waals surface area (Å²) in [5.41, 5.74) is 3.13. The Morgan fingerprint density at radius 3 is 3.00 bits per heavy atom. The summed E-state index contributed by atoms with van der Waals surface area (Å²) in [5, 5.41) is 0.892. The Morgan fingerprint density at radius 2 is 2.24 bits per heavy atom. The number of imidazole rings is 1. The van der Waals surface area contributed by atoms with Gasteiger partial charge >= 0.3 is 5.69 Å². The molecule has 0 spiro atoms. The van der Waals surface area contributed by atoms with Crippen LogP contribution in [0.1, 0.15) is 24.9 Å². The molecule has 0 N–H and O–H groups in total. The molecule has 1 aliphatic heterocycles. The zero-order valence-corrected chi connectivity index (χ0v) is 13.2. The van der Waals surface area contributed by atoms with Gasteiger partial charge in [0.05, 0.1) is 27.2 Å². The third-order valence-corrected chi connectivity index (χ3v) is 5.31. The van der Waals surface area contributed by atoms with Gasteiger partial charge in [0.1, 0.15) is 5.82 Å². The first kappa shape index (κ1) is 13.0. The Kier molecular flexibility index (Phi) is 2.58. The first-order valence-electron chi connectivity index (χ1n) is 6.87. The van der Waals surface area contributed by atoms with E-state index >= 15 is 0 Å². The van der Waals surface area contributed by atoms with E-state index in [0.717, 1.165) is 34.8 Å². The maximum Gasteiger partial charge on any atom is 0.329 e. The normalized spacial score (nSPS) is 17.8. The quantitative estimate of drug-likeness (QED) is 0.624. The Bertz CT molecular complexity index is 973. The SMILES string of the molecule is C[C@@H]1CCc2c(Br)c(F)cc3ncc4c(c23)n1c(=O)n4C. The summed E-state index contributed by atoms with van der Waals surface area (Å²) in [7, 11) is 1.75. The van der Waals surface area contributed by atoms with Gasteiger partial charge in [-0.25, -0.2) is 9.18 Å². The van der Waals surface area contributed by atoms with Crippen molar-refractivity contribution in [3.8, 4) is 0 Å². The first-order chi connectivity index (χ1) is 10.0. The summed E-state index contributed by atoms with van der Waals surface area (Å²) in [5.74, 6) is -0.302. The molecule has 1 aromatic carbocycles. The molecule has 3 heterocycles. The minimum absolute atomic E-state index is 0.0416. The van der Waals surface area contributed by atoms with Gasteiger partial charge in [-0.1, -0.05) is 0 Å². The number of hydrogen-bond donors (Lipinski definition) is 0. The third kappa shape index (κ3) is 1.54. The third-order valence-electron chi connectivity index (χ3n) is 4.45. The van der Waals surface area contributed by atoms with E-state index in [1.807, 2.05) is 11.5 Å². The van der Waals surface area contributed by atoms with Crippen LogP contribution in [-0.2, 0) is 13.5 Å². The molecule has 0 radical (unpaired) electrons. The molecular formula is C15H13BrFN3O. The minimum atomic E-state index is -0.302. The summed E-state index contributed by atoms with van der Waals surface area (Å²) in [6, 6.07) is 1.51. The van der Waals surface area contributed by atoms with Gasteiger partial charge in [0.15, 0.2) is 0 Å². The summed E-state index contributed by atoms with van der Waals surface area (Å²) < 4.78 is 18.0. The molecule has 1 atom stereocenters. The van der Waals surface area contributed by atoms with Crippen LogP contribution < -0.4 is 5.69 Å². The molecule has 4 rings (SSSR count). The lowest BCUT2D eigenvalue weighted by Crippen LogP contribution is -2.24. The zero-order chi connectivity index (χ0) is 14.9. The maximum atomic E-state index is 14.1. The van der Waals surface area contributed by atoms with Gasteiger partial charge in [-0.2, -0.15) is 0 Å². The van der Waals surface area contributed by atoms with Crippen molar-refractivity contribution in [1.82, 2.24) is 14.1 Å². The highest BCUT2D eigenvalue weighted by molar-refractivity contribution is 9.10. The van der Waals surface area contributed by atoms with E-state index in [0.29, 0.717) is 9.99 Å². The molecule has 0 saturated heterocycles. The van der Waals surface area contributed by atoms with Crippen molar-refractivity contribution in [3.63, 3.8) is 0 Å². The zero-order valence-electron chi connectivity index (χ0n) is 11.7. The second-order valence-electron chi connectivity index (χ2n) is 5.64. The highest BCUT2D eigenvalue weighted by atomic mass is 79.9. The first-order valence-corrected chi connectivity index (χ1v) is 7.66. The van der Waals surface area contributed by atoms with E-state index in [1.165, 1.54) is 6.07 Å². The summed E-state index contributed by atoms with van der Waals surface area (Å²) >= 11 is 3.36. The molecule has 0 saturated carbocycles. The van der Waals surface area contributed by atoms with E-state index in [-0.39, 0.29) is 17.5 Å². The summed E-state index contributed by atoms with van der Waals surface area (Å²) in [6.07, 6.45) is 3.18. The Morgan fingerprint density at radius 1 is 1.48 bits per heavy atom. The van der Waals surface area contributed by atoms with Crippen LogP contribution >= 0.6 is 15.9 Å². The summed E-state index contributed by atoms with van der Waals surface area (Å²) in [4.78, 5) is 16.9. The van der Waals surface area contributed by atoms with E-state index in [9.17, 15) is 9.18 Å². The highest BCUT2D eigenvalue weighted by Gasteiger charge is 2.25. The predicted molar refractivity (Wildman–Crippen MR) is 83.2 cm³/mol. The number of aryl methyl sites for hydroxylation is 2. The van der Waals surface area contributed by atoms with Gasteiger partial charge in [0.25, 0.3) is 0 Å². The Hall–Kier alpha value is -1.69. The minimum Gasteiger partial charge on any atom is -0.293 e. The van der Waals surface area contributed by atoms with Gasteiger partial charge in [-0.15, -0.1) is 0 Å². The second-order valence-corrected chi connectivity index (χ2v) is 6.43. The average molecular weight is 350 g/mol. The van der Waals surface area contributed by atoms with E-state index in [1.54, 1.807) is 17.8 Å². The molecule has 0 unspecified atom stereocenters. The largest absolute Gasteiger partial charge is 0.329 e. The molecule has 0 fully saturated rings.